The van der Waals surface area contributed by atoms with Crippen LogP contribution in [0.2, 0.25) is 0 Å². The first-order chi connectivity index (χ1) is 15.4. The first kappa shape index (κ1) is 23.6. The van der Waals surface area contributed by atoms with Crippen LogP contribution in [-0.4, -0.2) is 91.5 Å². The molecule has 0 aliphatic carbocycles. The van der Waals surface area contributed by atoms with Gasteiger partial charge in [0.2, 0.25) is 5.91 Å². The molecule has 0 aromatic heterocycles. The third-order valence-electron chi connectivity index (χ3n) is 5.28. The average Bonchev–Trinajstić information content (AvgIpc) is 3.06. The Morgan fingerprint density at radius 2 is 2.09 bits per heavy atom. The van der Waals surface area contributed by atoms with E-state index >= 15 is 0 Å². The Bertz CT molecular complexity index is 854. The molecule has 32 heavy (non-hydrogen) atoms. The number of hydrogen-bond donors (Lipinski definition) is 2. The lowest BCUT2D eigenvalue weighted by molar-refractivity contribution is -0.138. The topological polar surface area (TPSA) is 118 Å². The lowest BCUT2D eigenvalue weighted by Crippen LogP contribution is -2.44. The van der Waals surface area contributed by atoms with Gasteiger partial charge in [-0.3, -0.25) is 14.5 Å². The van der Waals surface area contributed by atoms with Crippen molar-refractivity contribution < 1.29 is 33.7 Å². The number of rotatable bonds is 10. The Hall–Kier alpha value is -3.11. The summed E-state index contributed by atoms with van der Waals surface area (Å²) in [5, 5.41) is 12.9. The molecule has 10 heteroatoms. The fourth-order valence-electron chi connectivity index (χ4n) is 3.58. The Morgan fingerprint density at radius 3 is 2.78 bits per heavy atom. The standard InChI is InChI=1S/C22H29N3O7/c1-3-4-15-5-6-18(19(11-15)30-2)32-14-16(26)13-25-21(28)17(23-22(25)29)12-20(27)24-7-9-31-10-8-24/h3,5-6,11,16-17,26H,1,4,7-10,12-14H2,2H3,(H,23,29)/t16-,17+/m1/s1. The molecular weight excluding hydrogens is 418 g/mol. The highest BCUT2D eigenvalue weighted by molar-refractivity contribution is 6.05. The second kappa shape index (κ2) is 11.0. The van der Waals surface area contributed by atoms with Crippen LogP contribution < -0.4 is 14.8 Å². The largest absolute Gasteiger partial charge is 0.493 e. The number of morpholine rings is 1. The summed E-state index contributed by atoms with van der Waals surface area (Å²) in [4.78, 5) is 39.7. The van der Waals surface area contributed by atoms with E-state index in [0.717, 1.165) is 10.5 Å². The number of benzene rings is 1. The smallest absolute Gasteiger partial charge is 0.324 e. The van der Waals surface area contributed by atoms with Crippen LogP contribution in [0.1, 0.15) is 12.0 Å². The molecule has 1 aromatic rings. The molecule has 2 aliphatic heterocycles. The summed E-state index contributed by atoms with van der Waals surface area (Å²) in [5.41, 5.74) is 1.00. The van der Waals surface area contributed by atoms with Gasteiger partial charge in [0.1, 0.15) is 18.8 Å². The zero-order chi connectivity index (χ0) is 23.1. The molecule has 2 heterocycles. The van der Waals surface area contributed by atoms with E-state index in [2.05, 4.69) is 11.9 Å². The van der Waals surface area contributed by atoms with Gasteiger partial charge in [-0.05, 0) is 24.1 Å². The lowest BCUT2D eigenvalue weighted by Gasteiger charge is -2.27. The monoisotopic (exact) mass is 447 g/mol. The number of β-amino-alcohol motifs (C(OH)–C–C–N with tert-alkyl or cyclic N) is 1. The number of carbonyl (C=O) groups is 3. The normalized spacial score (nSPS) is 19.5. The number of nitrogens with one attached hydrogen (secondary N) is 1. The number of methoxy groups -OCH3 is 1. The van der Waals surface area contributed by atoms with Crippen LogP contribution in [0.25, 0.3) is 0 Å². The average molecular weight is 447 g/mol. The Balaban J connectivity index is 1.52. The molecule has 0 radical (unpaired) electrons. The number of ether oxygens (including phenoxy) is 3. The van der Waals surface area contributed by atoms with Crippen LogP contribution >= 0.6 is 0 Å². The van der Waals surface area contributed by atoms with Crippen LogP contribution in [0.4, 0.5) is 4.79 Å². The molecule has 3 rings (SSSR count). The number of carbonyl (C=O) groups excluding carboxylic acids is 3. The summed E-state index contributed by atoms with van der Waals surface area (Å²) < 4.78 is 16.2. The molecule has 174 valence electrons. The van der Waals surface area contributed by atoms with Crippen LogP contribution in [-0.2, 0) is 20.7 Å². The molecule has 0 saturated carbocycles. The van der Waals surface area contributed by atoms with Crippen LogP contribution in [0.5, 0.6) is 11.5 Å². The van der Waals surface area contributed by atoms with E-state index in [1.807, 2.05) is 12.1 Å². The zero-order valence-electron chi connectivity index (χ0n) is 18.1. The predicted molar refractivity (Wildman–Crippen MR) is 114 cm³/mol. The van der Waals surface area contributed by atoms with Crippen molar-refractivity contribution in [3.63, 3.8) is 0 Å². The quantitative estimate of drug-likeness (QED) is 0.392. The third kappa shape index (κ3) is 5.77. The second-order valence-electron chi connectivity index (χ2n) is 7.59. The first-order valence-electron chi connectivity index (χ1n) is 10.5. The maximum atomic E-state index is 12.6. The molecule has 2 atom stereocenters. The fraction of sp³-hybridized carbons (Fsp3) is 0.500. The highest BCUT2D eigenvalue weighted by atomic mass is 16.5. The minimum Gasteiger partial charge on any atom is -0.493 e. The van der Waals surface area contributed by atoms with E-state index < -0.39 is 24.1 Å². The molecule has 1 aromatic carbocycles. The highest BCUT2D eigenvalue weighted by Gasteiger charge is 2.40. The SMILES string of the molecule is C=CCc1ccc(OC[C@H](O)CN2C(=O)N[C@@H](CC(=O)N3CCOCC3)C2=O)c(OC)c1. The Labute approximate surface area is 186 Å². The van der Waals surface area contributed by atoms with E-state index in [0.29, 0.717) is 44.2 Å². The van der Waals surface area contributed by atoms with E-state index in [1.165, 1.54) is 7.11 Å². The van der Waals surface area contributed by atoms with Gasteiger partial charge in [0.25, 0.3) is 5.91 Å². The van der Waals surface area contributed by atoms with E-state index in [-0.39, 0.29) is 25.5 Å². The minimum absolute atomic E-state index is 0.123. The summed E-state index contributed by atoms with van der Waals surface area (Å²) >= 11 is 0. The number of nitrogens with zero attached hydrogens (tertiary/aromatic N) is 2. The molecular formula is C22H29N3O7. The first-order valence-corrected chi connectivity index (χ1v) is 10.5. The van der Waals surface area contributed by atoms with Gasteiger partial charge in [-0.25, -0.2) is 4.79 Å². The van der Waals surface area contributed by atoms with Gasteiger partial charge >= 0.3 is 6.03 Å². The maximum absolute atomic E-state index is 12.6. The van der Waals surface area contributed by atoms with E-state index in [1.54, 1.807) is 17.0 Å². The number of urea groups is 1. The Kier molecular flexibility index (Phi) is 8.07. The van der Waals surface area contributed by atoms with Crippen molar-refractivity contribution in [2.45, 2.75) is 25.0 Å². The zero-order valence-corrected chi connectivity index (χ0v) is 18.1. The van der Waals surface area contributed by atoms with Gasteiger partial charge < -0.3 is 29.5 Å². The van der Waals surface area contributed by atoms with Crippen molar-refractivity contribution >= 4 is 17.8 Å². The number of aliphatic hydroxyl groups is 1. The van der Waals surface area contributed by atoms with Gasteiger partial charge in [0, 0.05) is 13.1 Å². The number of amides is 4. The summed E-state index contributed by atoms with van der Waals surface area (Å²) in [6.07, 6.45) is 1.22. The van der Waals surface area contributed by atoms with Gasteiger partial charge in [0.05, 0.1) is 33.3 Å². The van der Waals surface area contributed by atoms with Gasteiger partial charge in [-0.1, -0.05) is 12.1 Å². The molecule has 0 unspecified atom stereocenters. The molecule has 0 bridgehead atoms. The molecule has 2 fully saturated rings. The molecule has 2 aliphatic rings. The lowest BCUT2D eigenvalue weighted by atomic mass is 10.1. The minimum atomic E-state index is -1.11. The van der Waals surface area contributed by atoms with Gasteiger partial charge in [-0.15, -0.1) is 6.58 Å². The Morgan fingerprint density at radius 1 is 1.34 bits per heavy atom. The van der Waals surface area contributed by atoms with Crippen molar-refractivity contribution in [2.75, 3.05) is 46.6 Å². The number of aliphatic hydroxyl groups excluding tert-OH is 1. The summed E-state index contributed by atoms with van der Waals surface area (Å²) in [7, 11) is 1.52. The number of hydrogen-bond acceptors (Lipinski definition) is 7. The summed E-state index contributed by atoms with van der Waals surface area (Å²) in [6.45, 7) is 5.15. The van der Waals surface area contributed by atoms with Crippen molar-refractivity contribution in [1.29, 1.82) is 0 Å². The van der Waals surface area contributed by atoms with Crippen molar-refractivity contribution in [3.8, 4) is 11.5 Å². The summed E-state index contributed by atoms with van der Waals surface area (Å²) in [5.74, 6) is 0.186. The van der Waals surface area contributed by atoms with Crippen molar-refractivity contribution in [2.24, 2.45) is 0 Å². The number of allylic oxidation sites excluding steroid dienone is 1. The summed E-state index contributed by atoms with van der Waals surface area (Å²) in [6, 6.07) is 3.82. The van der Waals surface area contributed by atoms with Crippen LogP contribution in [0, 0.1) is 0 Å². The molecule has 0 spiro atoms. The molecule has 2 N–H and O–H groups in total. The maximum Gasteiger partial charge on any atom is 0.324 e. The van der Waals surface area contributed by atoms with E-state index in [9.17, 15) is 19.5 Å². The highest BCUT2D eigenvalue weighted by Crippen LogP contribution is 2.28. The number of imide groups is 1. The van der Waals surface area contributed by atoms with Crippen molar-refractivity contribution in [1.82, 2.24) is 15.1 Å². The van der Waals surface area contributed by atoms with Crippen LogP contribution in [0.3, 0.4) is 0 Å². The van der Waals surface area contributed by atoms with Gasteiger partial charge in [-0.2, -0.15) is 0 Å². The third-order valence-corrected chi connectivity index (χ3v) is 5.28. The second-order valence-corrected chi connectivity index (χ2v) is 7.59. The predicted octanol–water partition coefficient (Wildman–Crippen LogP) is 0.333. The molecule has 2 saturated heterocycles. The fourth-order valence-corrected chi connectivity index (χ4v) is 3.58. The van der Waals surface area contributed by atoms with Crippen molar-refractivity contribution in [3.05, 3.63) is 36.4 Å². The van der Waals surface area contributed by atoms with Crippen LogP contribution in [0.15, 0.2) is 30.9 Å². The van der Waals surface area contributed by atoms with Gasteiger partial charge in [0.15, 0.2) is 11.5 Å². The molecule has 10 nitrogen and oxygen atoms in total. The molecule has 4 amide bonds. The van der Waals surface area contributed by atoms with E-state index in [4.69, 9.17) is 14.2 Å².